The molecule has 1 saturated carbocycles. The fourth-order valence-corrected chi connectivity index (χ4v) is 4.45. The molecule has 1 aliphatic rings. The molecule has 3 amide bonds. The van der Waals surface area contributed by atoms with Crippen LogP contribution in [-0.4, -0.2) is 39.6 Å². The van der Waals surface area contributed by atoms with E-state index >= 15 is 0 Å². The molecular weight excluding hydrogens is 475 g/mol. The van der Waals surface area contributed by atoms with Gasteiger partial charge in [-0.15, -0.1) is 0 Å². The minimum atomic E-state index is -0.868. The number of hydrogen-bond acceptors (Lipinski definition) is 5. The fourth-order valence-electron chi connectivity index (χ4n) is 4.45. The van der Waals surface area contributed by atoms with Gasteiger partial charge in [0, 0.05) is 22.9 Å². The van der Waals surface area contributed by atoms with Gasteiger partial charge >= 0.3 is 0 Å². The molecule has 4 rings (SSSR count). The number of para-hydroxylation sites is 1. The fraction of sp³-hybridized carbons (Fsp3) is 0.370. The van der Waals surface area contributed by atoms with Crippen molar-refractivity contribution in [2.24, 2.45) is 17.1 Å². The lowest BCUT2D eigenvalue weighted by Gasteiger charge is -2.37. The maximum atomic E-state index is 14.5. The lowest BCUT2D eigenvalue weighted by atomic mass is 9.79. The van der Waals surface area contributed by atoms with E-state index in [2.05, 4.69) is 15.7 Å². The van der Waals surface area contributed by atoms with E-state index in [1.807, 2.05) is 26.8 Å². The van der Waals surface area contributed by atoms with Gasteiger partial charge < -0.3 is 16.4 Å². The maximum absolute atomic E-state index is 14.5. The lowest BCUT2D eigenvalue weighted by molar-refractivity contribution is -0.130. The van der Waals surface area contributed by atoms with Crippen LogP contribution in [0.15, 0.2) is 42.5 Å². The van der Waals surface area contributed by atoms with Crippen LogP contribution in [0.3, 0.4) is 0 Å². The largest absolute Gasteiger partial charge is 0.369 e. The van der Waals surface area contributed by atoms with E-state index in [0.717, 1.165) is 6.07 Å². The first-order valence-corrected chi connectivity index (χ1v) is 12.0. The van der Waals surface area contributed by atoms with Crippen LogP contribution in [0.1, 0.15) is 55.2 Å². The molecule has 0 unspecified atom stereocenters. The Kier molecular flexibility index (Phi) is 6.99. The number of hydrogen-bond donors (Lipinski definition) is 3. The number of benzene rings is 2. The number of aromatic nitrogens is 2. The minimum absolute atomic E-state index is 0.0528. The van der Waals surface area contributed by atoms with Crippen molar-refractivity contribution in [1.29, 1.82) is 5.26 Å². The predicted molar refractivity (Wildman–Crippen MR) is 135 cm³/mol. The maximum Gasteiger partial charge on any atom is 0.273 e. The number of nitriles is 1. The van der Waals surface area contributed by atoms with Crippen LogP contribution in [0.25, 0.3) is 10.9 Å². The molecule has 0 radical (unpaired) electrons. The third kappa shape index (κ3) is 5.45. The molecule has 0 spiro atoms. The molecule has 10 heteroatoms. The summed E-state index contributed by atoms with van der Waals surface area (Å²) in [5.41, 5.74) is 5.98. The summed E-state index contributed by atoms with van der Waals surface area (Å²) in [6.45, 7) is 5.58. The number of rotatable bonds is 7. The second kappa shape index (κ2) is 10.0. The Bertz CT molecular complexity index is 1410. The summed E-state index contributed by atoms with van der Waals surface area (Å²) >= 11 is 0. The van der Waals surface area contributed by atoms with Gasteiger partial charge in [0.2, 0.25) is 11.8 Å². The van der Waals surface area contributed by atoms with Crippen molar-refractivity contribution in [3.05, 3.63) is 65.1 Å². The van der Waals surface area contributed by atoms with E-state index in [-0.39, 0.29) is 41.6 Å². The molecule has 1 aliphatic carbocycles. The Hall–Kier alpha value is -4.26. The van der Waals surface area contributed by atoms with Crippen LogP contribution in [0.2, 0.25) is 0 Å². The smallest absolute Gasteiger partial charge is 0.273 e. The molecule has 1 atom stereocenters. The molecule has 37 heavy (non-hydrogen) atoms. The SMILES string of the molecule is CC(C)(C)[C@H](NC(=O)c1nn(Cc2ccc(C#N)cc2F)c2ccccc12)C(=O)NC1CC(C(N)=O)C1. The van der Waals surface area contributed by atoms with Crippen molar-refractivity contribution in [1.82, 2.24) is 20.4 Å². The standard InChI is InChI=1S/C27H29FN6O3/c1-27(2,3)23(26(37)31-18-11-17(12-18)24(30)35)32-25(36)22-19-6-4-5-7-21(19)34(33-22)14-16-9-8-15(13-29)10-20(16)28/h4-10,17-18,23H,11-12,14H2,1-3H3,(H2,30,35)(H,31,37)(H,32,36)/t17?,18?,23-/m1/s1. The predicted octanol–water partition coefficient (Wildman–Crippen LogP) is 2.62. The third-order valence-corrected chi connectivity index (χ3v) is 6.67. The van der Waals surface area contributed by atoms with Crippen molar-refractivity contribution in [2.45, 2.75) is 52.2 Å². The monoisotopic (exact) mass is 504 g/mol. The van der Waals surface area contributed by atoms with Crippen LogP contribution in [0.4, 0.5) is 4.39 Å². The van der Waals surface area contributed by atoms with E-state index in [4.69, 9.17) is 11.0 Å². The van der Waals surface area contributed by atoms with Crippen LogP contribution in [0.5, 0.6) is 0 Å². The highest BCUT2D eigenvalue weighted by Gasteiger charge is 2.39. The van der Waals surface area contributed by atoms with Gasteiger partial charge in [-0.05, 0) is 36.5 Å². The van der Waals surface area contributed by atoms with Crippen molar-refractivity contribution >= 4 is 28.6 Å². The van der Waals surface area contributed by atoms with Crippen LogP contribution in [-0.2, 0) is 16.1 Å². The lowest BCUT2D eigenvalue weighted by Crippen LogP contribution is -2.58. The molecule has 0 bridgehead atoms. The molecule has 1 aromatic heterocycles. The number of halogens is 1. The van der Waals surface area contributed by atoms with Gasteiger partial charge in [-0.25, -0.2) is 4.39 Å². The molecule has 192 valence electrons. The van der Waals surface area contributed by atoms with E-state index in [0.29, 0.717) is 29.3 Å². The zero-order valence-electron chi connectivity index (χ0n) is 20.9. The molecule has 4 N–H and O–H groups in total. The third-order valence-electron chi connectivity index (χ3n) is 6.67. The van der Waals surface area contributed by atoms with Crippen molar-refractivity contribution in [3.8, 4) is 6.07 Å². The number of carbonyl (C=O) groups excluding carboxylic acids is 3. The number of amides is 3. The minimum Gasteiger partial charge on any atom is -0.369 e. The number of carbonyl (C=O) groups is 3. The van der Waals surface area contributed by atoms with E-state index in [9.17, 15) is 18.8 Å². The molecule has 9 nitrogen and oxygen atoms in total. The average molecular weight is 505 g/mol. The van der Waals surface area contributed by atoms with Crippen LogP contribution in [0, 0.1) is 28.5 Å². The molecule has 2 aromatic carbocycles. The van der Waals surface area contributed by atoms with E-state index in [1.54, 1.807) is 24.3 Å². The zero-order chi connectivity index (χ0) is 26.9. The highest BCUT2D eigenvalue weighted by Crippen LogP contribution is 2.28. The van der Waals surface area contributed by atoms with Crippen LogP contribution < -0.4 is 16.4 Å². The molecule has 1 heterocycles. The topological polar surface area (TPSA) is 143 Å². The van der Waals surface area contributed by atoms with E-state index < -0.39 is 23.2 Å². The first kappa shape index (κ1) is 25.8. The number of nitrogens with two attached hydrogens (primary N) is 1. The van der Waals surface area contributed by atoms with Gasteiger partial charge in [-0.3, -0.25) is 19.1 Å². The normalized spacial score (nSPS) is 17.9. The van der Waals surface area contributed by atoms with Gasteiger partial charge in [0.25, 0.3) is 5.91 Å². The zero-order valence-corrected chi connectivity index (χ0v) is 20.9. The number of nitrogens with zero attached hydrogens (tertiary/aromatic N) is 3. The van der Waals surface area contributed by atoms with Crippen LogP contribution >= 0.6 is 0 Å². The summed E-state index contributed by atoms with van der Waals surface area (Å²) in [5, 5.41) is 19.8. The quantitative estimate of drug-likeness (QED) is 0.453. The summed E-state index contributed by atoms with van der Waals surface area (Å²) in [5.74, 6) is -2.05. The molecule has 0 aliphatic heterocycles. The van der Waals surface area contributed by atoms with Gasteiger partial charge in [0.1, 0.15) is 11.9 Å². The van der Waals surface area contributed by atoms with Crippen molar-refractivity contribution in [3.63, 3.8) is 0 Å². The first-order valence-electron chi connectivity index (χ1n) is 12.0. The molecular formula is C27H29FN6O3. The number of nitrogens with one attached hydrogen (secondary N) is 2. The summed E-state index contributed by atoms with van der Waals surface area (Å²) in [6, 6.07) is 12.2. The summed E-state index contributed by atoms with van der Waals surface area (Å²) in [7, 11) is 0. The second-order valence-corrected chi connectivity index (χ2v) is 10.5. The van der Waals surface area contributed by atoms with E-state index in [1.165, 1.54) is 16.8 Å². The molecule has 0 saturated heterocycles. The number of fused-ring (bicyclic) bond motifs is 1. The highest BCUT2D eigenvalue weighted by molar-refractivity contribution is 6.06. The second-order valence-electron chi connectivity index (χ2n) is 10.5. The summed E-state index contributed by atoms with van der Waals surface area (Å²) in [6.07, 6.45) is 0.958. The number of primary amides is 1. The Labute approximate surface area is 213 Å². The Morgan fingerprint density at radius 3 is 2.54 bits per heavy atom. The Morgan fingerprint density at radius 1 is 1.22 bits per heavy atom. The Balaban J connectivity index is 1.57. The van der Waals surface area contributed by atoms with Gasteiger partial charge in [-0.2, -0.15) is 10.4 Å². The van der Waals surface area contributed by atoms with Gasteiger partial charge in [0.15, 0.2) is 5.69 Å². The first-order chi connectivity index (χ1) is 17.5. The van der Waals surface area contributed by atoms with Crippen molar-refractivity contribution < 1.29 is 18.8 Å². The summed E-state index contributed by atoms with van der Waals surface area (Å²) in [4.78, 5) is 37.8. The van der Waals surface area contributed by atoms with Crippen molar-refractivity contribution in [2.75, 3.05) is 0 Å². The summed E-state index contributed by atoms with van der Waals surface area (Å²) < 4.78 is 16.1. The molecule has 1 fully saturated rings. The highest BCUT2D eigenvalue weighted by atomic mass is 19.1. The van der Waals surface area contributed by atoms with Gasteiger partial charge in [-0.1, -0.05) is 45.0 Å². The Morgan fingerprint density at radius 2 is 1.92 bits per heavy atom. The average Bonchev–Trinajstić information content (AvgIpc) is 3.18. The molecule has 3 aromatic rings. The van der Waals surface area contributed by atoms with Gasteiger partial charge in [0.05, 0.1) is 23.7 Å².